The van der Waals surface area contributed by atoms with Gasteiger partial charge in [0.15, 0.2) is 0 Å². The van der Waals surface area contributed by atoms with Crippen molar-refractivity contribution in [3.63, 3.8) is 0 Å². The van der Waals surface area contributed by atoms with E-state index < -0.39 is 19.7 Å². The minimum Gasteiger partial charge on any atom is -0.212 e. The van der Waals surface area contributed by atoms with Crippen molar-refractivity contribution in [1.29, 1.82) is 5.26 Å². The van der Waals surface area contributed by atoms with Crippen LogP contribution in [-0.2, 0) is 9.05 Å². The Morgan fingerprint density at radius 1 is 1.67 bits per heavy atom. The summed E-state index contributed by atoms with van der Waals surface area (Å²) in [5, 5.41) is 8.69. The summed E-state index contributed by atoms with van der Waals surface area (Å²) < 4.78 is 21.3. The normalized spacial score (nSPS) is 22.8. The van der Waals surface area contributed by atoms with Gasteiger partial charge in [0.25, 0.3) is 0 Å². The Balaban J connectivity index is 2.95. The molecule has 1 saturated carbocycles. The zero-order chi connectivity index (χ0) is 9.41. The number of rotatable bonds is 3. The molecule has 1 aliphatic carbocycles. The van der Waals surface area contributed by atoms with Crippen LogP contribution in [0.4, 0.5) is 0 Å². The zero-order valence-electron chi connectivity index (χ0n) is 6.75. The fraction of sp³-hybridized carbons (Fsp3) is 0.857. The molecule has 68 valence electrons. The molecule has 0 spiro atoms. The molecule has 3 nitrogen and oxygen atoms in total. The van der Waals surface area contributed by atoms with E-state index in [0.29, 0.717) is 19.3 Å². The van der Waals surface area contributed by atoms with Crippen LogP contribution in [0.5, 0.6) is 0 Å². The lowest BCUT2D eigenvalue weighted by Gasteiger charge is -2.15. The molecule has 0 aromatic heterocycles. The molecule has 0 aliphatic heterocycles. The third kappa shape index (κ3) is 1.32. The molecule has 1 aliphatic rings. The highest BCUT2D eigenvalue weighted by molar-refractivity contribution is 8.15. The fourth-order valence-corrected chi connectivity index (χ4v) is 3.40. The van der Waals surface area contributed by atoms with Crippen LogP contribution >= 0.6 is 10.7 Å². The molecule has 0 heterocycles. The van der Waals surface area contributed by atoms with Crippen LogP contribution in [0.2, 0.25) is 0 Å². The molecular weight excluding hydrogens is 198 g/mol. The topological polar surface area (TPSA) is 57.9 Å². The first-order valence-corrected chi connectivity index (χ1v) is 6.12. The Labute approximate surface area is 76.7 Å². The smallest absolute Gasteiger partial charge is 0.212 e. The van der Waals surface area contributed by atoms with Crippen molar-refractivity contribution in [2.75, 3.05) is 0 Å². The van der Waals surface area contributed by atoms with E-state index in [-0.39, 0.29) is 0 Å². The number of nitriles is 1. The van der Waals surface area contributed by atoms with Crippen molar-refractivity contribution in [3.05, 3.63) is 0 Å². The molecule has 1 rings (SSSR count). The van der Waals surface area contributed by atoms with Crippen LogP contribution in [0.1, 0.15) is 26.2 Å². The van der Waals surface area contributed by atoms with E-state index in [9.17, 15) is 8.42 Å². The second kappa shape index (κ2) is 2.90. The van der Waals surface area contributed by atoms with Gasteiger partial charge in [-0.25, -0.2) is 8.42 Å². The Morgan fingerprint density at radius 3 is 2.25 bits per heavy atom. The first kappa shape index (κ1) is 9.82. The van der Waals surface area contributed by atoms with Crippen LogP contribution in [0, 0.1) is 17.2 Å². The van der Waals surface area contributed by atoms with Gasteiger partial charge in [0.1, 0.15) is 4.75 Å². The maximum Gasteiger partial charge on any atom is 0.239 e. The first-order valence-electron chi connectivity index (χ1n) is 3.82. The predicted molar refractivity (Wildman–Crippen MR) is 46.1 cm³/mol. The van der Waals surface area contributed by atoms with Gasteiger partial charge in [0.05, 0.1) is 12.0 Å². The third-order valence-corrected chi connectivity index (χ3v) is 5.01. The number of nitrogens with zero attached hydrogens (tertiary/aromatic N) is 1. The third-order valence-electron chi connectivity index (χ3n) is 2.43. The Kier molecular flexibility index (Phi) is 2.37. The molecule has 1 fully saturated rings. The van der Waals surface area contributed by atoms with Gasteiger partial charge in [-0.05, 0) is 19.3 Å². The molecule has 0 saturated heterocycles. The fourth-order valence-electron chi connectivity index (χ4n) is 1.47. The highest BCUT2D eigenvalue weighted by Gasteiger charge is 2.58. The van der Waals surface area contributed by atoms with Crippen molar-refractivity contribution in [3.8, 4) is 6.07 Å². The minimum atomic E-state index is -3.56. The summed E-state index contributed by atoms with van der Waals surface area (Å²) >= 11 is 0. The molecule has 0 bridgehead atoms. The van der Waals surface area contributed by atoms with Gasteiger partial charge in [-0.2, -0.15) is 5.26 Å². The minimum absolute atomic E-state index is 0.444. The highest BCUT2D eigenvalue weighted by Crippen LogP contribution is 2.52. The molecule has 0 amide bonds. The van der Waals surface area contributed by atoms with Gasteiger partial charge in [0, 0.05) is 10.7 Å². The van der Waals surface area contributed by atoms with Crippen molar-refractivity contribution in [2.24, 2.45) is 5.92 Å². The van der Waals surface area contributed by atoms with Crippen LogP contribution < -0.4 is 0 Å². The van der Waals surface area contributed by atoms with Gasteiger partial charge in [-0.15, -0.1) is 0 Å². The second-order valence-electron chi connectivity index (χ2n) is 3.09. The van der Waals surface area contributed by atoms with Gasteiger partial charge < -0.3 is 0 Å². The lowest BCUT2D eigenvalue weighted by Crippen LogP contribution is -2.27. The maximum absolute atomic E-state index is 11.1. The molecule has 1 atom stereocenters. The summed E-state index contributed by atoms with van der Waals surface area (Å²) in [7, 11) is 1.70. The van der Waals surface area contributed by atoms with E-state index in [1.54, 1.807) is 6.92 Å². The van der Waals surface area contributed by atoms with Crippen LogP contribution in [-0.4, -0.2) is 13.2 Å². The Bertz CT molecular complexity index is 313. The number of hydrogen-bond donors (Lipinski definition) is 0. The van der Waals surface area contributed by atoms with E-state index >= 15 is 0 Å². The molecule has 5 heteroatoms. The number of hydrogen-bond acceptors (Lipinski definition) is 3. The monoisotopic (exact) mass is 207 g/mol. The highest BCUT2D eigenvalue weighted by atomic mass is 35.7. The predicted octanol–water partition coefficient (Wildman–Crippen LogP) is 1.64. The van der Waals surface area contributed by atoms with Crippen molar-refractivity contribution >= 4 is 19.7 Å². The Morgan fingerprint density at radius 2 is 2.17 bits per heavy atom. The van der Waals surface area contributed by atoms with Gasteiger partial charge in [-0.1, -0.05) is 6.92 Å². The van der Waals surface area contributed by atoms with E-state index in [0.717, 1.165) is 0 Å². The average molecular weight is 208 g/mol. The standard InChI is InChI=1S/C7H10ClNO2S/c1-2-6(5-9)7(3-4-7)12(8,10)11/h6H,2-4H2,1H3. The summed E-state index contributed by atoms with van der Waals surface area (Å²) in [6.07, 6.45) is 1.61. The molecule has 0 radical (unpaired) electrons. The molecule has 0 aromatic rings. The molecule has 0 aromatic carbocycles. The van der Waals surface area contributed by atoms with E-state index in [2.05, 4.69) is 0 Å². The SMILES string of the molecule is CCC(C#N)C1(S(=O)(=O)Cl)CC1. The summed E-state index contributed by atoms with van der Waals surface area (Å²) in [5.41, 5.74) is 0. The summed E-state index contributed by atoms with van der Waals surface area (Å²) in [4.78, 5) is 0. The first-order chi connectivity index (χ1) is 5.48. The van der Waals surface area contributed by atoms with Crippen LogP contribution in [0.15, 0.2) is 0 Å². The largest absolute Gasteiger partial charge is 0.239 e. The van der Waals surface area contributed by atoms with Gasteiger partial charge >= 0.3 is 0 Å². The lowest BCUT2D eigenvalue weighted by molar-refractivity contribution is 0.536. The molecule has 1 unspecified atom stereocenters. The van der Waals surface area contributed by atoms with Crippen LogP contribution in [0.25, 0.3) is 0 Å². The van der Waals surface area contributed by atoms with E-state index in [4.69, 9.17) is 15.9 Å². The maximum atomic E-state index is 11.1. The quantitative estimate of drug-likeness (QED) is 0.661. The number of halogens is 1. The Hall–Kier alpha value is -0.270. The average Bonchev–Trinajstić information content (AvgIpc) is 2.69. The van der Waals surface area contributed by atoms with E-state index in [1.807, 2.05) is 6.07 Å². The zero-order valence-corrected chi connectivity index (χ0v) is 8.32. The second-order valence-corrected chi connectivity index (χ2v) is 6.00. The van der Waals surface area contributed by atoms with Crippen molar-refractivity contribution < 1.29 is 8.42 Å². The van der Waals surface area contributed by atoms with Crippen LogP contribution in [0.3, 0.4) is 0 Å². The van der Waals surface area contributed by atoms with Gasteiger partial charge in [0.2, 0.25) is 9.05 Å². The molecule has 12 heavy (non-hydrogen) atoms. The summed E-state index contributed by atoms with van der Waals surface area (Å²) in [6, 6.07) is 2.00. The van der Waals surface area contributed by atoms with E-state index in [1.165, 1.54) is 0 Å². The van der Waals surface area contributed by atoms with Gasteiger partial charge in [-0.3, -0.25) is 0 Å². The lowest BCUT2D eigenvalue weighted by atomic mass is 10.0. The van der Waals surface area contributed by atoms with Crippen molar-refractivity contribution in [1.82, 2.24) is 0 Å². The molecular formula is C7H10ClNO2S. The summed E-state index contributed by atoms with van der Waals surface area (Å²) in [5.74, 6) is -0.444. The van der Waals surface area contributed by atoms with Crippen molar-refractivity contribution in [2.45, 2.75) is 30.9 Å². The molecule has 0 N–H and O–H groups in total. The summed E-state index contributed by atoms with van der Waals surface area (Å²) in [6.45, 7) is 1.80.